The van der Waals surface area contributed by atoms with Crippen LogP contribution in [0.3, 0.4) is 0 Å². The van der Waals surface area contributed by atoms with Gasteiger partial charge in [-0.25, -0.2) is 0 Å². The molecule has 1 atom stereocenters. The van der Waals surface area contributed by atoms with Crippen LogP contribution < -0.4 is 4.74 Å². The van der Waals surface area contributed by atoms with Crippen molar-refractivity contribution in [1.29, 1.82) is 5.26 Å². The van der Waals surface area contributed by atoms with E-state index in [0.29, 0.717) is 5.75 Å². The lowest BCUT2D eigenvalue weighted by atomic mass is 10.1. The molecule has 0 bridgehead atoms. The van der Waals surface area contributed by atoms with E-state index in [4.69, 9.17) is 21.6 Å². The van der Waals surface area contributed by atoms with E-state index in [1.165, 1.54) is 0 Å². The molecule has 0 spiro atoms. The number of alkyl halides is 1. The average molecular weight is 196 g/mol. The molecule has 0 fully saturated rings. The largest absolute Gasteiger partial charge is 0.496 e. The van der Waals surface area contributed by atoms with Crippen LogP contribution in [0.2, 0.25) is 0 Å². The average Bonchev–Trinajstić information content (AvgIpc) is 2.16. The van der Waals surface area contributed by atoms with Crippen molar-refractivity contribution in [2.75, 3.05) is 7.11 Å². The Hall–Kier alpha value is -1.20. The SMILES string of the molecule is COc1ccc(C)cc1C(Cl)C#N. The van der Waals surface area contributed by atoms with Crippen LogP contribution >= 0.6 is 11.6 Å². The topological polar surface area (TPSA) is 33.0 Å². The van der Waals surface area contributed by atoms with Crippen molar-refractivity contribution in [3.05, 3.63) is 29.3 Å². The first-order valence-electron chi connectivity index (χ1n) is 3.87. The lowest BCUT2D eigenvalue weighted by Crippen LogP contribution is -1.94. The summed E-state index contributed by atoms with van der Waals surface area (Å²) in [7, 11) is 1.56. The smallest absolute Gasteiger partial charge is 0.149 e. The molecule has 0 saturated carbocycles. The fraction of sp³-hybridized carbons (Fsp3) is 0.300. The predicted octanol–water partition coefficient (Wildman–Crippen LogP) is 2.81. The van der Waals surface area contributed by atoms with Gasteiger partial charge in [0.05, 0.1) is 13.2 Å². The maximum Gasteiger partial charge on any atom is 0.149 e. The molecule has 0 saturated heterocycles. The van der Waals surface area contributed by atoms with E-state index < -0.39 is 5.38 Å². The van der Waals surface area contributed by atoms with Crippen LogP contribution in [0.5, 0.6) is 5.75 Å². The normalized spacial score (nSPS) is 11.8. The molecule has 0 aliphatic rings. The van der Waals surface area contributed by atoms with Crippen molar-refractivity contribution in [2.45, 2.75) is 12.3 Å². The molecule has 1 aromatic carbocycles. The zero-order chi connectivity index (χ0) is 9.84. The van der Waals surface area contributed by atoms with Gasteiger partial charge in [-0.1, -0.05) is 11.6 Å². The van der Waals surface area contributed by atoms with Crippen LogP contribution in [0, 0.1) is 18.3 Å². The molecule has 0 aliphatic carbocycles. The van der Waals surface area contributed by atoms with Gasteiger partial charge in [-0.05, 0) is 19.1 Å². The van der Waals surface area contributed by atoms with Crippen LogP contribution in [0.25, 0.3) is 0 Å². The molecular weight excluding hydrogens is 186 g/mol. The Morgan fingerprint density at radius 3 is 2.77 bits per heavy atom. The highest BCUT2D eigenvalue weighted by Gasteiger charge is 2.12. The molecule has 0 amide bonds. The van der Waals surface area contributed by atoms with Crippen LogP contribution in [-0.2, 0) is 0 Å². The molecule has 1 rings (SSSR count). The number of ether oxygens (including phenoxy) is 1. The quantitative estimate of drug-likeness (QED) is 0.680. The molecule has 0 aromatic heterocycles. The number of nitrogens with zero attached hydrogens (tertiary/aromatic N) is 1. The number of aryl methyl sites for hydroxylation is 1. The van der Waals surface area contributed by atoms with Crippen molar-refractivity contribution in [1.82, 2.24) is 0 Å². The summed E-state index contributed by atoms with van der Waals surface area (Å²) < 4.78 is 5.09. The van der Waals surface area contributed by atoms with E-state index in [-0.39, 0.29) is 0 Å². The lowest BCUT2D eigenvalue weighted by Gasteiger charge is -2.09. The first-order valence-corrected chi connectivity index (χ1v) is 4.31. The van der Waals surface area contributed by atoms with E-state index in [1.54, 1.807) is 7.11 Å². The number of methoxy groups -OCH3 is 1. The Kier molecular flexibility index (Phi) is 3.16. The van der Waals surface area contributed by atoms with Crippen molar-refractivity contribution in [2.24, 2.45) is 0 Å². The highest BCUT2D eigenvalue weighted by molar-refractivity contribution is 6.22. The van der Waals surface area contributed by atoms with Crippen molar-refractivity contribution >= 4 is 11.6 Å². The highest BCUT2D eigenvalue weighted by atomic mass is 35.5. The third kappa shape index (κ3) is 2.13. The van der Waals surface area contributed by atoms with Crippen molar-refractivity contribution < 1.29 is 4.74 Å². The number of rotatable bonds is 2. The molecule has 0 aliphatic heterocycles. The summed E-state index contributed by atoms with van der Waals surface area (Å²) in [5.41, 5.74) is 1.79. The molecule has 1 unspecified atom stereocenters. The first kappa shape index (κ1) is 9.88. The van der Waals surface area contributed by atoms with Gasteiger partial charge in [-0.2, -0.15) is 5.26 Å². The van der Waals surface area contributed by atoms with Gasteiger partial charge in [0, 0.05) is 5.56 Å². The van der Waals surface area contributed by atoms with Gasteiger partial charge in [0.2, 0.25) is 0 Å². The van der Waals surface area contributed by atoms with E-state index in [1.807, 2.05) is 31.2 Å². The summed E-state index contributed by atoms with van der Waals surface area (Å²) in [6, 6.07) is 7.57. The Morgan fingerprint density at radius 1 is 1.54 bits per heavy atom. The van der Waals surface area contributed by atoms with E-state index in [0.717, 1.165) is 11.1 Å². The van der Waals surface area contributed by atoms with Crippen LogP contribution in [0.4, 0.5) is 0 Å². The third-order valence-electron chi connectivity index (χ3n) is 1.77. The zero-order valence-corrected chi connectivity index (χ0v) is 8.30. The monoisotopic (exact) mass is 195 g/mol. The Bertz CT molecular complexity index is 343. The minimum absolute atomic E-state index is 0.644. The predicted molar refractivity (Wildman–Crippen MR) is 51.9 cm³/mol. The van der Waals surface area contributed by atoms with Gasteiger partial charge in [-0.3, -0.25) is 0 Å². The second-order valence-electron chi connectivity index (χ2n) is 2.74. The zero-order valence-electron chi connectivity index (χ0n) is 7.54. The summed E-state index contributed by atoms with van der Waals surface area (Å²) in [6.45, 7) is 1.95. The Labute approximate surface area is 82.7 Å². The summed E-state index contributed by atoms with van der Waals surface area (Å²) in [4.78, 5) is 0. The summed E-state index contributed by atoms with van der Waals surface area (Å²) in [6.07, 6.45) is 0. The summed E-state index contributed by atoms with van der Waals surface area (Å²) in [5.74, 6) is 0.659. The summed E-state index contributed by atoms with van der Waals surface area (Å²) in [5, 5.41) is 8.02. The van der Waals surface area contributed by atoms with E-state index >= 15 is 0 Å². The van der Waals surface area contributed by atoms with Crippen molar-refractivity contribution in [3.8, 4) is 11.8 Å². The molecule has 1 aromatic rings. The molecular formula is C10H10ClNO. The second-order valence-corrected chi connectivity index (χ2v) is 3.17. The van der Waals surface area contributed by atoms with E-state index in [2.05, 4.69) is 0 Å². The molecule has 2 nitrogen and oxygen atoms in total. The summed E-state index contributed by atoms with van der Waals surface area (Å²) >= 11 is 5.81. The fourth-order valence-corrected chi connectivity index (χ4v) is 1.29. The molecule has 0 heterocycles. The van der Waals surface area contributed by atoms with E-state index in [9.17, 15) is 0 Å². The number of halogens is 1. The minimum atomic E-state index is -0.644. The Morgan fingerprint density at radius 2 is 2.23 bits per heavy atom. The minimum Gasteiger partial charge on any atom is -0.496 e. The molecule has 3 heteroatoms. The molecule has 0 radical (unpaired) electrons. The molecule has 13 heavy (non-hydrogen) atoms. The second kappa shape index (κ2) is 4.15. The van der Waals surface area contributed by atoms with Crippen LogP contribution in [0.15, 0.2) is 18.2 Å². The molecule has 0 N–H and O–H groups in total. The maximum absolute atomic E-state index is 8.66. The standard InChI is InChI=1S/C10H10ClNO/c1-7-3-4-10(13-2)8(5-7)9(11)6-12/h3-5,9H,1-2H3. The van der Waals surface area contributed by atoms with Gasteiger partial charge in [0.1, 0.15) is 11.1 Å². The first-order chi connectivity index (χ1) is 6.19. The highest BCUT2D eigenvalue weighted by Crippen LogP contribution is 2.29. The van der Waals surface area contributed by atoms with Gasteiger partial charge >= 0.3 is 0 Å². The fourth-order valence-electron chi connectivity index (χ4n) is 1.12. The van der Waals surface area contributed by atoms with Gasteiger partial charge in [-0.15, -0.1) is 11.6 Å². The van der Waals surface area contributed by atoms with Crippen LogP contribution in [0.1, 0.15) is 16.5 Å². The Balaban J connectivity index is 3.17. The third-order valence-corrected chi connectivity index (χ3v) is 2.10. The maximum atomic E-state index is 8.66. The number of hydrogen-bond donors (Lipinski definition) is 0. The van der Waals surface area contributed by atoms with Gasteiger partial charge in [0.25, 0.3) is 0 Å². The van der Waals surface area contributed by atoms with Gasteiger partial charge < -0.3 is 4.74 Å². The number of benzene rings is 1. The van der Waals surface area contributed by atoms with Gasteiger partial charge in [0.15, 0.2) is 0 Å². The molecule has 68 valence electrons. The number of hydrogen-bond acceptors (Lipinski definition) is 2. The lowest BCUT2D eigenvalue weighted by molar-refractivity contribution is 0.410. The number of nitriles is 1. The van der Waals surface area contributed by atoms with Crippen LogP contribution in [-0.4, -0.2) is 7.11 Å². The van der Waals surface area contributed by atoms with Crippen molar-refractivity contribution in [3.63, 3.8) is 0 Å².